The highest BCUT2D eigenvalue weighted by Gasteiger charge is 2.23. The molecule has 3 N–H and O–H groups in total. The summed E-state index contributed by atoms with van der Waals surface area (Å²) in [6.07, 6.45) is 0. The van der Waals surface area contributed by atoms with Gasteiger partial charge in [-0.2, -0.15) is 0 Å². The molecule has 0 spiro atoms. The van der Waals surface area contributed by atoms with Crippen LogP contribution in [0.25, 0.3) is 11.1 Å². The second kappa shape index (κ2) is 13.0. The zero-order valence-electron chi connectivity index (χ0n) is 21.4. The lowest BCUT2D eigenvalue weighted by Crippen LogP contribution is -2.41. The number of ether oxygens (including phenoxy) is 2. The molecule has 9 heteroatoms. The van der Waals surface area contributed by atoms with Crippen LogP contribution >= 0.6 is 0 Å². The Bertz CT molecular complexity index is 1260. The molecule has 9 nitrogen and oxygen atoms in total. The van der Waals surface area contributed by atoms with E-state index >= 15 is 0 Å². The Morgan fingerprint density at radius 3 is 2.32 bits per heavy atom. The minimum Gasteiger partial charge on any atom is -0.383 e. The van der Waals surface area contributed by atoms with Crippen molar-refractivity contribution in [1.82, 2.24) is 4.90 Å². The number of primary amides is 1. The number of anilines is 2. The maximum Gasteiger partial charge on any atom is 0.260 e. The quantitative estimate of drug-likeness (QED) is 0.428. The standard InChI is InChI=1S/C29H32N4O5/c1-37-16-15-33(24-10-7-22(8-11-24)21-5-3-2-4-6-21)29(36)25-12-9-23(28(30)35)19-26(25)31-27(34)20-32-13-17-38-18-14-32/h2-12,19H,13-18,20H2,1H3,(H2,30,35)(H,31,34). The number of benzene rings is 3. The molecule has 0 aliphatic carbocycles. The summed E-state index contributed by atoms with van der Waals surface area (Å²) in [5.41, 5.74) is 8.92. The van der Waals surface area contributed by atoms with Gasteiger partial charge in [0.2, 0.25) is 11.8 Å². The monoisotopic (exact) mass is 516 g/mol. The number of carbonyl (C=O) groups is 3. The van der Waals surface area contributed by atoms with Crippen molar-refractivity contribution in [2.24, 2.45) is 5.73 Å². The van der Waals surface area contributed by atoms with Crippen molar-refractivity contribution < 1.29 is 23.9 Å². The van der Waals surface area contributed by atoms with E-state index in [-0.39, 0.29) is 35.2 Å². The van der Waals surface area contributed by atoms with Crippen LogP contribution in [0.15, 0.2) is 72.8 Å². The molecule has 0 radical (unpaired) electrons. The van der Waals surface area contributed by atoms with Gasteiger partial charge in [-0.25, -0.2) is 0 Å². The summed E-state index contributed by atoms with van der Waals surface area (Å²) >= 11 is 0. The van der Waals surface area contributed by atoms with Crippen molar-refractivity contribution in [2.45, 2.75) is 0 Å². The Kier molecular flexibility index (Phi) is 9.21. The molecule has 0 aromatic heterocycles. The SMILES string of the molecule is COCCN(C(=O)c1ccc(C(N)=O)cc1NC(=O)CN1CCOCC1)c1ccc(-c2ccccc2)cc1. The summed E-state index contributed by atoms with van der Waals surface area (Å²) in [5.74, 6) is -1.29. The van der Waals surface area contributed by atoms with Crippen LogP contribution in [-0.4, -0.2) is 75.7 Å². The van der Waals surface area contributed by atoms with E-state index in [0.717, 1.165) is 11.1 Å². The van der Waals surface area contributed by atoms with Crippen LogP contribution in [0.5, 0.6) is 0 Å². The third kappa shape index (κ3) is 6.83. The first-order valence-electron chi connectivity index (χ1n) is 12.5. The van der Waals surface area contributed by atoms with E-state index in [9.17, 15) is 14.4 Å². The van der Waals surface area contributed by atoms with Crippen LogP contribution in [0.1, 0.15) is 20.7 Å². The summed E-state index contributed by atoms with van der Waals surface area (Å²) in [4.78, 5) is 42.1. The summed E-state index contributed by atoms with van der Waals surface area (Å²) < 4.78 is 10.6. The molecule has 4 rings (SSSR count). The Labute approximate surface area is 222 Å². The Morgan fingerprint density at radius 2 is 1.66 bits per heavy atom. The molecular weight excluding hydrogens is 484 g/mol. The number of morpholine rings is 1. The molecule has 0 unspecified atom stereocenters. The van der Waals surface area contributed by atoms with Crippen LogP contribution in [-0.2, 0) is 14.3 Å². The fourth-order valence-corrected chi connectivity index (χ4v) is 4.28. The number of carbonyl (C=O) groups excluding carboxylic acids is 3. The van der Waals surface area contributed by atoms with E-state index in [0.29, 0.717) is 45.1 Å². The minimum absolute atomic E-state index is 0.145. The molecule has 1 heterocycles. The second-order valence-corrected chi connectivity index (χ2v) is 8.92. The van der Waals surface area contributed by atoms with Crippen molar-refractivity contribution in [3.63, 3.8) is 0 Å². The molecule has 1 aliphatic heterocycles. The summed E-state index contributed by atoms with van der Waals surface area (Å²) in [5, 5.41) is 2.82. The van der Waals surface area contributed by atoms with E-state index < -0.39 is 5.91 Å². The van der Waals surface area contributed by atoms with Gasteiger partial charge in [0.05, 0.1) is 37.6 Å². The fourth-order valence-electron chi connectivity index (χ4n) is 4.28. The van der Waals surface area contributed by atoms with Crippen LogP contribution in [0, 0.1) is 0 Å². The lowest BCUT2D eigenvalue weighted by Gasteiger charge is -2.26. The van der Waals surface area contributed by atoms with Crippen LogP contribution < -0.4 is 16.0 Å². The van der Waals surface area contributed by atoms with Crippen LogP contribution in [0.2, 0.25) is 0 Å². The number of nitrogens with zero attached hydrogens (tertiary/aromatic N) is 2. The van der Waals surface area contributed by atoms with Gasteiger partial charge in [0, 0.05) is 38.0 Å². The molecule has 1 saturated heterocycles. The smallest absolute Gasteiger partial charge is 0.260 e. The zero-order chi connectivity index (χ0) is 26.9. The normalized spacial score (nSPS) is 13.6. The van der Waals surface area contributed by atoms with Crippen molar-refractivity contribution in [3.8, 4) is 11.1 Å². The number of amides is 3. The van der Waals surface area contributed by atoms with Gasteiger partial charge < -0.3 is 25.4 Å². The van der Waals surface area contributed by atoms with Crippen molar-refractivity contribution in [3.05, 3.63) is 83.9 Å². The summed E-state index contributed by atoms with van der Waals surface area (Å²) in [6, 6.07) is 22.1. The third-order valence-electron chi connectivity index (χ3n) is 6.33. The molecule has 1 aliphatic rings. The van der Waals surface area contributed by atoms with E-state index in [4.69, 9.17) is 15.2 Å². The highest BCUT2D eigenvalue weighted by molar-refractivity contribution is 6.12. The topological polar surface area (TPSA) is 114 Å². The highest BCUT2D eigenvalue weighted by Crippen LogP contribution is 2.26. The lowest BCUT2D eigenvalue weighted by atomic mass is 10.0. The van der Waals surface area contributed by atoms with Crippen molar-refractivity contribution in [2.75, 3.05) is 63.3 Å². The molecule has 3 amide bonds. The van der Waals surface area contributed by atoms with Gasteiger partial charge >= 0.3 is 0 Å². The number of hydrogen-bond acceptors (Lipinski definition) is 6. The number of nitrogens with one attached hydrogen (secondary N) is 1. The summed E-state index contributed by atoms with van der Waals surface area (Å²) in [7, 11) is 1.57. The lowest BCUT2D eigenvalue weighted by molar-refractivity contribution is -0.118. The van der Waals surface area contributed by atoms with Crippen LogP contribution in [0.3, 0.4) is 0 Å². The molecule has 198 valence electrons. The number of rotatable bonds is 10. The van der Waals surface area contributed by atoms with Gasteiger partial charge in [0.1, 0.15) is 0 Å². The molecular formula is C29H32N4O5. The van der Waals surface area contributed by atoms with Gasteiger partial charge in [-0.05, 0) is 41.5 Å². The Balaban J connectivity index is 1.61. The van der Waals surface area contributed by atoms with Gasteiger partial charge in [-0.1, -0.05) is 42.5 Å². The Hall–Kier alpha value is -4.05. The molecule has 0 atom stereocenters. The third-order valence-corrected chi connectivity index (χ3v) is 6.33. The van der Waals surface area contributed by atoms with E-state index in [1.165, 1.54) is 18.2 Å². The molecule has 0 bridgehead atoms. The van der Waals surface area contributed by atoms with E-state index in [1.54, 1.807) is 12.0 Å². The minimum atomic E-state index is -0.652. The number of hydrogen-bond donors (Lipinski definition) is 2. The molecule has 0 saturated carbocycles. The average Bonchev–Trinajstić information content (AvgIpc) is 2.94. The van der Waals surface area contributed by atoms with Crippen molar-refractivity contribution >= 4 is 29.1 Å². The Morgan fingerprint density at radius 1 is 0.974 bits per heavy atom. The fraction of sp³-hybridized carbons (Fsp3) is 0.276. The molecule has 38 heavy (non-hydrogen) atoms. The molecule has 3 aromatic carbocycles. The highest BCUT2D eigenvalue weighted by atomic mass is 16.5. The second-order valence-electron chi connectivity index (χ2n) is 8.92. The molecule has 1 fully saturated rings. The predicted octanol–water partition coefficient (Wildman–Crippen LogP) is 3.02. The zero-order valence-corrected chi connectivity index (χ0v) is 21.4. The van der Waals surface area contributed by atoms with Gasteiger partial charge in [0.15, 0.2) is 0 Å². The summed E-state index contributed by atoms with van der Waals surface area (Å²) in [6.45, 7) is 3.15. The average molecular weight is 517 g/mol. The maximum absolute atomic E-state index is 13.9. The number of nitrogens with two attached hydrogens (primary N) is 1. The first kappa shape index (κ1) is 27.0. The van der Waals surface area contributed by atoms with E-state index in [1.807, 2.05) is 59.5 Å². The number of methoxy groups -OCH3 is 1. The van der Waals surface area contributed by atoms with E-state index in [2.05, 4.69) is 5.32 Å². The first-order chi connectivity index (χ1) is 18.5. The van der Waals surface area contributed by atoms with Gasteiger partial charge in [0.25, 0.3) is 5.91 Å². The van der Waals surface area contributed by atoms with Gasteiger partial charge in [-0.15, -0.1) is 0 Å². The predicted molar refractivity (Wildman–Crippen MR) is 146 cm³/mol. The maximum atomic E-state index is 13.9. The van der Waals surface area contributed by atoms with Crippen LogP contribution in [0.4, 0.5) is 11.4 Å². The largest absolute Gasteiger partial charge is 0.383 e. The van der Waals surface area contributed by atoms with Crippen molar-refractivity contribution in [1.29, 1.82) is 0 Å². The van der Waals surface area contributed by atoms with Gasteiger partial charge in [-0.3, -0.25) is 19.3 Å². The molecule has 3 aromatic rings. The first-order valence-corrected chi connectivity index (χ1v) is 12.5.